The summed E-state index contributed by atoms with van der Waals surface area (Å²) in [6.07, 6.45) is 17.5. The number of amides is 4. The van der Waals surface area contributed by atoms with Crippen LogP contribution < -0.4 is 21.3 Å². The number of urea groups is 1. The number of fused-ring (bicyclic) bond motifs is 7. The number of thioether (sulfide) groups is 1. The Bertz CT molecular complexity index is 1600. The quantitative estimate of drug-likeness (QED) is 0.0906. The molecule has 12 atom stereocenters. The highest BCUT2D eigenvalue weighted by Crippen LogP contribution is 2.65. The number of carbonyl (C=O) groups is 4. The molecule has 0 bridgehead atoms. The van der Waals surface area contributed by atoms with Crippen LogP contribution >= 0.6 is 11.8 Å². The minimum absolute atomic E-state index is 0.0486. The summed E-state index contributed by atoms with van der Waals surface area (Å²) in [6.45, 7) is 12.9. The van der Waals surface area contributed by atoms with Crippen molar-refractivity contribution < 1.29 is 23.9 Å². The number of rotatable bonds is 14. The van der Waals surface area contributed by atoms with E-state index in [0.29, 0.717) is 79.0 Å². The summed E-state index contributed by atoms with van der Waals surface area (Å²) in [4.78, 5) is 51.8. The van der Waals surface area contributed by atoms with E-state index in [1.165, 1.54) is 24.0 Å². The van der Waals surface area contributed by atoms with Crippen LogP contribution in [-0.4, -0.2) is 95.5 Å². The predicted molar refractivity (Wildman–Crippen MR) is 221 cm³/mol. The standard InChI is InChI=1S/C45H69N5O5S/c1-27-22-37-42(29(3)45(55-37)18-16-32-33-14-13-30-23-31(51)15-17-44(30,4)35(33)24-34(32)28(45)2)50(25-27)21-20-47-40(53)11-6-5-9-19-46-39(52)12-8-7-10-38-41-36(26-56-38)48-43(54)49-41/h13,27,29,32-33,35-38,41-42H,5-12,14-26H2,1-4H3,(H,46,52)(H,47,53)(H2,48,49,54)/t27-,29+,32-,33-,35-,36-,37+,38?,41-,42-,44-,45?/m0/s1. The first kappa shape index (κ1) is 40.4. The zero-order valence-electron chi connectivity index (χ0n) is 34.6. The second kappa shape index (κ2) is 16.7. The zero-order chi connectivity index (χ0) is 39.2. The van der Waals surface area contributed by atoms with Gasteiger partial charge in [-0.1, -0.05) is 50.8 Å². The minimum Gasteiger partial charge on any atom is -0.365 e. The first-order valence-corrected chi connectivity index (χ1v) is 23.6. The van der Waals surface area contributed by atoms with E-state index in [1.54, 1.807) is 5.57 Å². The number of likely N-dealkylation sites (tertiary alicyclic amines) is 1. The monoisotopic (exact) mass is 792 g/mol. The second-order valence-corrected chi connectivity index (χ2v) is 20.7. The van der Waals surface area contributed by atoms with Gasteiger partial charge < -0.3 is 26.0 Å². The molecule has 0 aromatic rings. The number of hydrogen-bond donors (Lipinski definition) is 4. The molecule has 310 valence electrons. The Balaban J connectivity index is 0.746. The van der Waals surface area contributed by atoms with Crippen molar-refractivity contribution in [3.63, 3.8) is 0 Å². The number of hydrogen-bond acceptors (Lipinski definition) is 7. The van der Waals surface area contributed by atoms with Gasteiger partial charge in [0.1, 0.15) is 5.78 Å². The number of piperidine rings is 1. The maximum Gasteiger partial charge on any atom is 0.315 e. The van der Waals surface area contributed by atoms with Crippen molar-refractivity contribution >= 4 is 35.4 Å². The molecule has 4 aliphatic carbocycles. The van der Waals surface area contributed by atoms with Gasteiger partial charge in [-0.25, -0.2) is 4.79 Å². The van der Waals surface area contributed by atoms with Crippen LogP contribution in [0, 0.1) is 35.0 Å². The fourth-order valence-corrected chi connectivity index (χ4v) is 14.7. The Morgan fingerprint density at radius 1 is 1.02 bits per heavy atom. The summed E-state index contributed by atoms with van der Waals surface area (Å²) in [7, 11) is 0. The van der Waals surface area contributed by atoms with Gasteiger partial charge >= 0.3 is 6.03 Å². The SMILES string of the molecule is CC1=C2C[C@H]3[C@@H](CC=C4CC(=O)CC[C@@]43C)[C@@H]2CCC12O[C@@H]1C[C@H](C)CN(CCNC(=O)CCCCCNC(=O)CCCCC3SC[C@@H]4NC(=O)N[C@H]34)[C@H]1[C@H]2C. The molecule has 8 rings (SSSR count). The first-order valence-electron chi connectivity index (χ1n) is 22.5. The summed E-state index contributed by atoms with van der Waals surface area (Å²) >= 11 is 1.92. The number of ether oxygens (including phenoxy) is 1. The summed E-state index contributed by atoms with van der Waals surface area (Å²) in [6, 6.07) is 0.804. The smallest absolute Gasteiger partial charge is 0.315 e. The molecular formula is C45H69N5O5S. The topological polar surface area (TPSA) is 129 Å². The molecule has 0 aromatic carbocycles. The van der Waals surface area contributed by atoms with Crippen LogP contribution in [0.5, 0.6) is 0 Å². The number of nitrogens with one attached hydrogen (secondary N) is 4. The number of unbranched alkanes of at least 4 members (excludes halogenated alkanes) is 3. The van der Waals surface area contributed by atoms with Crippen molar-refractivity contribution in [1.29, 1.82) is 0 Å². The summed E-state index contributed by atoms with van der Waals surface area (Å²) < 4.78 is 7.33. The van der Waals surface area contributed by atoms with Gasteiger partial charge in [0.25, 0.3) is 0 Å². The lowest BCUT2D eigenvalue weighted by molar-refractivity contribution is -0.122. The number of carbonyl (C=O) groups excluding carboxylic acids is 4. The van der Waals surface area contributed by atoms with Crippen LogP contribution in [0.15, 0.2) is 22.8 Å². The fourth-order valence-electron chi connectivity index (χ4n) is 13.2. The molecule has 1 spiro atoms. The minimum atomic E-state index is -0.188. The van der Waals surface area contributed by atoms with Crippen molar-refractivity contribution in [2.24, 2.45) is 35.0 Å². The fraction of sp³-hybridized carbons (Fsp3) is 0.822. The van der Waals surface area contributed by atoms with Gasteiger partial charge in [-0.05, 0) is 106 Å². The molecule has 8 aliphatic rings. The average molecular weight is 792 g/mol. The molecular weight excluding hydrogens is 723 g/mol. The molecule has 10 nitrogen and oxygen atoms in total. The van der Waals surface area contributed by atoms with E-state index in [-0.39, 0.29) is 47.0 Å². The maximum absolute atomic E-state index is 12.8. The first-order chi connectivity index (χ1) is 27.0. The molecule has 56 heavy (non-hydrogen) atoms. The predicted octanol–water partition coefficient (Wildman–Crippen LogP) is 6.44. The molecule has 4 saturated heterocycles. The van der Waals surface area contributed by atoms with Gasteiger partial charge in [-0.3, -0.25) is 19.3 Å². The molecule has 0 radical (unpaired) electrons. The highest BCUT2D eigenvalue weighted by atomic mass is 32.2. The molecule has 2 unspecified atom stereocenters. The third kappa shape index (κ3) is 7.76. The van der Waals surface area contributed by atoms with E-state index in [0.717, 1.165) is 89.5 Å². The van der Waals surface area contributed by atoms with Crippen LogP contribution in [0.3, 0.4) is 0 Å². The number of allylic oxidation sites excluding steroid dienone is 3. The van der Waals surface area contributed by atoms with Crippen LogP contribution in [0.25, 0.3) is 0 Å². The Labute approximate surface area is 339 Å². The van der Waals surface area contributed by atoms with Gasteiger partial charge in [0.2, 0.25) is 11.8 Å². The van der Waals surface area contributed by atoms with Gasteiger partial charge in [0, 0.05) is 74.8 Å². The van der Waals surface area contributed by atoms with Crippen molar-refractivity contribution in [3.05, 3.63) is 22.8 Å². The molecule has 11 heteroatoms. The van der Waals surface area contributed by atoms with Gasteiger partial charge in [0.05, 0.1) is 23.8 Å². The Hall–Kier alpha value is -2.37. The lowest BCUT2D eigenvalue weighted by atomic mass is 9.57. The number of Topliss-reactive ketones (excluding diaryl/α,β-unsaturated/α-hetero) is 1. The van der Waals surface area contributed by atoms with Crippen LogP contribution in [-0.2, 0) is 19.1 Å². The Morgan fingerprint density at radius 3 is 2.62 bits per heavy atom. The van der Waals surface area contributed by atoms with E-state index >= 15 is 0 Å². The highest BCUT2D eigenvalue weighted by molar-refractivity contribution is 8.00. The van der Waals surface area contributed by atoms with Gasteiger partial charge in [-0.15, -0.1) is 0 Å². The molecule has 6 fully saturated rings. The van der Waals surface area contributed by atoms with Crippen LogP contribution in [0.2, 0.25) is 0 Å². The van der Waals surface area contributed by atoms with Crippen LogP contribution in [0.4, 0.5) is 4.79 Å². The third-order valence-corrected chi connectivity index (χ3v) is 17.7. The lowest BCUT2D eigenvalue weighted by Gasteiger charge is -2.47. The zero-order valence-corrected chi connectivity index (χ0v) is 35.4. The molecule has 4 heterocycles. The van der Waals surface area contributed by atoms with Gasteiger partial charge in [0.15, 0.2) is 0 Å². The van der Waals surface area contributed by atoms with Crippen molar-refractivity contribution in [3.8, 4) is 0 Å². The van der Waals surface area contributed by atoms with Crippen LogP contribution in [0.1, 0.15) is 130 Å². The van der Waals surface area contributed by atoms with Gasteiger partial charge in [-0.2, -0.15) is 11.8 Å². The second-order valence-electron chi connectivity index (χ2n) is 19.4. The van der Waals surface area contributed by atoms with E-state index in [9.17, 15) is 19.2 Å². The third-order valence-electron chi connectivity index (χ3n) is 16.2. The summed E-state index contributed by atoms with van der Waals surface area (Å²) in [5, 5.41) is 12.7. The van der Waals surface area contributed by atoms with E-state index < -0.39 is 0 Å². The number of ketones is 1. The Morgan fingerprint density at radius 2 is 1.80 bits per heavy atom. The van der Waals surface area contributed by atoms with Crippen molar-refractivity contribution in [2.75, 3.05) is 31.9 Å². The van der Waals surface area contributed by atoms with E-state index in [4.69, 9.17) is 4.74 Å². The highest BCUT2D eigenvalue weighted by Gasteiger charge is 2.61. The molecule has 4 N–H and O–H groups in total. The maximum atomic E-state index is 12.8. The average Bonchev–Trinajstić information content (AvgIpc) is 3.91. The molecule has 2 saturated carbocycles. The van der Waals surface area contributed by atoms with Crippen molar-refractivity contribution in [1.82, 2.24) is 26.2 Å². The summed E-state index contributed by atoms with van der Waals surface area (Å²) in [5.41, 5.74) is 4.66. The largest absolute Gasteiger partial charge is 0.365 e. The normalized spacial score (nSPS) is 40.0. The number of nitrogens with zero attached hydrogens (tertiary/aromatic N) is 1. The Kier molecular flexibility index (Phi) is 12.1. The van der Waals surface area contributed by atoms with E-state index in [1.807, 2.05) is 11.8 Å². The molecule has 4 amide bonds. The van der Waals surface area contributed by atoms with E-state index in [2.05, 4.69) is 59.9 Å². The lowest BCUT2D eigenvalue weighted by Crippen LogP contribution is -2.54. The summed E-state index contributed by atoms with van der Waals surface area (Å²) in [5.74, 6) is 4.61. The molecule has 0 aromatic heterocycles. The van der Waals surface area contributed by atoms with Crippen molar-refractivity contribution in [2.45, 2.75) is 166 Å². The molecule has 4 aliphatic heterocycles.